The smallest absolute Gasteiger partial charge is 0.147 e. The summed E-state index contributed by atoms with van der Waals surface area (Å²) in [6.07, 6.45) is 2.74. The van der Waals surface area contributed by atoms with Crippen molar-refractivity contribution >= 4 is 9.84 Å². The molecule has 108 valence electrons. The van der Waals surface area contributed by atoms with Gasteiger partial charge in [-0.1, -0.05) is 19.1 Å². The molecule has 0 saturated carbocycles. The third kappa shape index (κ3) is 6.07. The standard InChI is InChI=1S/C14H23NO3S/c1-4-15-14(9-6-10-19(3,16)17)12-7-5-8-13(11-12)18-2/h5,7-8,11,14-15H,4,6,9-10H2,1-3H3. The van der Waals surface area contributed by atoms with Gasteiger partial charge in [0.1, 0.15) is 15.6 Å². The zero-order chi connectivity index (χ0) is 14.3. The number of nitrogens with one attached hydrogen (secondary N) is 1. The Morgan fingerprint density at radius 1 is 1.37 bits per heavy atom. The van der Waals surface area contributed by atoms with E-state index in [1.54, 1.807) is 7.11 Å². The lowest BCUT2D eigenvalue weighted by Crippen LogP contribution is -2.21. The van der Waals surface area contributed by atoms with Crippen molar-refractivity contribution in [3.05, 3.63) is 29.8 Å². The molecule has 0 aliphatic carbocycles. The van der Waals surface area contributed by atoms with Gasteiger partial charge in [0.15, 0.2) is 0 Å². The van der Waals surface area contributed by atoms with Crippen molar-refractivity contribution in [2.75, 3.05) is 25.7 Å². The van der Waals surface area contributed by atoms with E-state index < -0.39 is 9.84 Å². The van der Waals surface area contributed by atoms with E-state index in [0.717, 1.165) is 24.3 Å². The lowest BCUT2D eigenvalue weighted by molar-refractivity contribution is 0.412. The number of hydrogen-bond donors (Lipinski definition) is 1. The van der Waals surface area contributed by atoms with Gasteiger partial charge in [-0.05, 0) is 37.1 Å². The van der Waals surface area contributed by atoms with Gasteiger partial charge in [-0.3, -0.25) is 0 Å². The maximum absolute atomic E-state index is 11.2. The van der Waals surface area contributed by atoms with Gasteiger partial charge in [0.25, 0.3) is 0 Å². The average Bonchev–Trinajstić information content (AvgIpc) is 2.36. The summed E-state index contributed by atoms with van der Waals surface area (Å²) in [6.45, 7) is 2.89. The highest BCUT2D eigenvalue weighted by Gasteiger charge is 2.12. The first-order valence-corrected chi connectivity index (χ1v) is 8.57. The first-order chi connectivity index (χ1) is 8.96. The molecule has 0 heterocycles. The molecule has 0 amide bonds. The largest absolute Gasteiger partial charge is 0.497 e. The maximum atomic E-state index is 11.2. The zero-order valence-corrected chi connectivity index (χ0v) is 12.7. The predicted molar refractivity (Wildman–Crippen MR) is 78.4 cm³/mol. The Morgan fingerprint density at radius 2 is 2.11 bits per heavy atom. The second kappa shape index (κ2) is 7.50. The van der Waals surface area contributed by atoms with Crippen LogP contribution >= 0.6 is 0 Å². The molecule has 0 spiro atoms. The monoisotopic (exact) mass is 285 g/mol. The second-order valence-corrected chi connectivity index (χ2v) is 6.92. The molecule has 1 rings (SSSR count). The van der Waals surface area contributed by atoms with Crippen LogP contribution in [0.25, 0.3) is 0 Å². The molecule has 0 aromatic heterocycles. The third-order valence-electron chi connectivity index (χ3n) is 2.95. The highest BCUT2D eigenvalue weighted by Crippen LogP contribution is 2.22. The minimum absolute atomic E-state index is 0.168. The summed E-state index contributed by atoms with van der Waals surface area (Å²) >= 11 is 0. The fourth-order valence-electron chi connectivity index (χ4n) is 2.04. The Labute approximate surface area is 116 Å². The van der Waals surface area contributed by atoms with Crippen molar-refractivity contribution < 1.29 is 13.2 Å². The van der Waals surface area contributed by atoms with Crippen LogP contribution in [0.2, 0.25) is 0 Å². The van der Waals surface area contributed by atoms with Crippen molar-refractivity contribution in [3.8, 4) is 5.75 Å². The van der Waals surface area contributed by atoms with E-state index in [-0.39, 0.29) is 11.8 Å². The number of benzene rings is 1. The Bertz CT molecular complexity index is 485. The lowest BCUT2D eigenvalue weighted by atomic mass is 10.0. The molecule has 0 bridgehead atoms. The van der Waals surface area contributed by atoms with Crippen molar-refractivity contribution in [3.63, 3.8) is 0 Å². The molecule has 1 aromatic carbocycles. The first-order valence-electron chi connectivity index (χ1n) is 6.51. The Morgan fingerprint density at radius 3 is 2.68 bits per heavy atom. The van der Waals surface area contributed by atoms with E-state index in [0.29, 0.717) is 6.42 Å². The number of rotatable bonds is 8. The number of sulfone groups is 1. The van der Waals surface area contributed by atoms with Crippen LogP contribution < -0.4 is 10.1 Å². The van der Waals surface area contributed by atoms with E-state index in [4.69, 9.17) is 4.74 Å². The number of hydrogen-bond acceptors (Lipinski definition) is 4. The van der Waals surface area contributed by atoms with Crippen LogP contribution in [0, 0.1) is 0 Å². The van der Waals surface area contributed by atoms with Crippen LogP contribution in [-0.2, 0) is 9.84 Å². The minimum atomic E-state index is -2.88. The molecule has 0 radical (unpaired) electrons. The molecule has 1 unspecified atom stereocenters. The zero-order valence-electron chi connectivity index (χ0n) is 11.8. The minimum Gasteiger partial charge on any atom is -0.497 e. The first kappa shape index (κ1) is 16.0. The quantitative estimate of drug-likeness (QED) is 0.795. The van der Waals surface area contributed by atoms with Crippen LogP contribution in [0.1, 0.15) is 31.4 Å². The van der Waals surface area contributed by atoms with Gasteiger partial charge in [0.2, 0.25) is 0 Å². The summed E-state index contributed by atoms with van der Waals surface area (Å²) in [6, 6.07) is 8.06. The van der Waals surface area contributed by atoms with Gasteiger partial charge in [-0.25, -0.2) is 8.42 Å². The van der Waals surface area contributed by atoms with Crippen LogP contribution in [-0.4, -0.2) is 34.1 Å². The molecule has 1 atom stereocenters. The molecule has 1 aromatic rings. The van der Waals surface area contributed by atoms with Gasteiger partial charge < -0.3 is 10.1 Å². The SMILES string of the molecule is CCNC(CCCS(C)(=O)=O)c1cccc(OC)c1. The van der Waals surface area contributed by atoms with Crippen LogP contribution in [0.4, 0.5) is 0 Å². The maximum Gasteiger partial charge on any atom is 0.147 e. The molecule has 19 heavy (non-hydrogen) atoms. The van der Waals surface area contributed by atoms with Crippen LogP contribution in [0.5, 0.6) is 5.75 Å². The number of methoxy groups -OCH3 is 1. The molecule has 0 aliphatic rings. The summed E-state index contributed by atoms with van der Waals surface area (Å²) < 4.78 is 27.6. The molecular formula is C14H23NO3S. The van der Waals surface area contributed by atoms with Gasteiger partial charge in [0, 0.05) is 18.1 Å². The van der Waals surface area contributed by atoms with E-state index in [9.17, 15) is 8.42 Å². The molecule has 0 saturated heterocycles. The predicted octanol–water partition coefficient (Wildman–Crippen LogP) is 2.17. The fraction of sp³-hybridized carbons (Fsp3) is 0.571. The van der Waals surface area contributed by atoms with E-state index >= 15 is 0 Å². The highest BCUT2D eigenvalue weighted by molar-refractivity contribution is 7.90. The van der Waals surface area contributed by atoms with Gasteiger partial charge in [-0.15, -0.1) is 0 Å². The van der Waals surface area contributed by atoms with Crippen molar-refractivity contribution in [2.24, 2.45) is 0 Å². The highest BCUT2D eigenvalue weighted by atomic mass is 32.2. The Kier molecular flexibility index (Phi) is 6.31. The van der Waals surface area contributed by atoms with Crippen molar-refractivity contribution in [1.82, 2.24) is 5.32 Å². The molecular weight excluding hydrogens is 262 g/mol. The molecule has 0 fully saturated rings. The van der Waals surface area contributed by atoms with E-state index in [1.165, 1.54) is 6.26 Å². The van der Waals surface area contributed by atoms with Gasteiger partial charge in [0.05, 0.1) is 7.11 Å². The Hall–Kier alpha value is -1.07. The molecule has 4 nitrogen and oxygen atoms in total. The summed E-state index contributed by atoms with van der Waals surface area (Å²) in [5.41, 5.74) is 1.13. The van der Waals surface area contributed by atoms with E-state index in [1.807, 2.05) is 31.2 Å². The molecule has 5 heteroatoms. The summed E-state index contributed by atoms with van der Waals surface area (Å²) in [5, 5.41) is 3.39. The fourth-order valence-corrected chi connectivity index (χ4v) is 2.73. The van der Waals surface area contributed by atoms with Gasteiger partial charge in [-0.2, -0.15) is 0 Å². The molecule has 0 aliphatic heterocycles. The summed E-state index contributed by atoms with van der Waals surface area (Å²) in [7, 11) is -1.24. The Balaban J connectivity index is 2.70. The van der Waals surface area contributed by atoms with Crippen LogP contribution in [0.15, 0.2) is 24.3 Å². The topological polar surface area (TPSA) is 55.4 Å². The molecule has 1 N–H and O–H groups in total. The summed E-state index contributed by atoms with van der Waals surface area (Å²) in [4.78, 5) is 0. The lowest BCUT2D eigenvalue weighted by Gasteiger charge is -2.18. The van der Waals surface area contributed by atoms with Crippen LogP contribution in [0.3, 0.4) is 0 Å². The van der Waals surface area contributed by atoms with E-state index in [2.05, 4.69) is 5.32 Å². The van der Waals surface area contributed by atoms with Crippen molar-refractivity contribution in [2.45, 2.75) is 25.8 Å². The van der Waals surface area contributed by atoms with Gasteiger partial charge >= 0.3 is 0 Å². The number of ether oxygens (including phenoxy) is 1. The normalized spacial score (nSPS) is 13.2. The summed E-state index contributed by atoms with van der Waals surface area (Å²) in [5.74, 6) is 1.06. The average molecular weight is 285 g/mol. The van der Waals surface area contributed by atoms with Crippen molar-refractivity contribution in [1.29, 1.82) is 0 Å². The third-order valence-corrected chi connectivity index (χ3v) is 3.98. The second-order valence-electron chi connectivity index (χ2n) is 4.66.